The van der Waals surface area contributed by atoms with E-state index in [1.165, 1.54) is 6.33 Å². The van der Waals surface area contributed by atoms with Crippen LogP contribution in [0.2, 0.25) is 5.02 Å². The van der Waals surface area contributed by atoms with Gasteiger partial charge in [0.25, 0.3) is 0 Å². The molecule has 0 aliphatic carbocycles. The third-order valence-corrected chi connectivity index (χ3v) is 3.99. The van der Waals surface area contributed by atoms with Gasteiger partial charge in [-0.05, 0) is 30.9 Å². The topological polar surface area (TPSA) is 71.8 Å². The van der Waals surface area contributed by atoms with Gasteiger partial charge in [-0.1, -0.05) is 18.5 Å². The van der Waals surface area contributed by atoms with E-state index >= 15 is 0 Å². The molecule has 2 amide bonds. The summed E-state index contributed by atoms with van der Waals surface area (Å²) in [7, 11) is 0. The quantitative estimate of drug-likeness (QED) is 0.792. The maximum absolute atomic E-state index is 12.1. The van der Waals surface area contributed by atoms with Crippen molar-refractivity contribution in [3.05, 3.63) is 35.9 Å². The number of aromatic nitrogens is 3. The van der Waals surface area contributed by atoms with Gasteiger partial charge in [0.05, 0.1) is 12.2 Å². The first-order valence-electron chi connectivity index (χ1n) is 6.90. The molecule has 2 aromatic rings. The average molecular weight is 340 g/mol. The van der Waals surface area contributed by atoms with Crippen molar-refractivity contribution in [2.75, 3.05) is 11.1 Å². The number of nitrogens with zero attached hydrogens (tertiary/aromatic N) is 3. The van der Waals surface area contributed by atoms with Crippen molar-refractivity contribution in [1.82, 2.24) is 20.1 Å². The molecule has 0 radical (unpaired) electrons. The van der Waals surface area contributed by atoms with E-state index in [-0.39, 0.29) is 12.1 Å². The third-order valence-electron chi connectivity index (χ3n) is 2.79. The molecule has 2 N–H and O–H groups in total. The number of hydrogen-bond acceptors (Lipinski definition) is 4. The van der Waals surface area contributed by atoms with E-state index in [0.717, 1.165) is 10.6 Å². The van der Waals surface area contributed by atoms with Gasteiger partial charge in [-0.3, -0.25) is 4.68 Å². The van der Waals surface area contributed by atoms with Gasteiger partial charge in [0, 0.05) is 16.0 Å². The molecule has 8 heteroatoms. The van der Waals surface area contributed by atoms with Crippen LogP contribution in [0, 0.1) is 0 Å². The predicted octanol–water partition coefficient (Wildman–Crippen LogP) is 3.25. The first kappa shape index (κ1) is 16.6. The second-order valence-corrected chi connectivity index (χ2v) is 6.43. The summed E-state index contributed by atoms with van der Waals surface area (Å²) in [6, 6.07) is 5.12. The van der Waals surface area contributed by atoms with Gasteiger partial charge in [0.2, 0.25) is 0 Å². The molecule has 0 spiro atoms. The highest BCUT2D eigenvalue weighted by Gasteiger charge is 2.11. The molecule has 6 nitrogen and oxygen atoms in total. The summed E-state index contributed by atoms with van der Waals surface area (Å²) in [5.74, 6) is 0.917. The van der Waals surface area contributed by atoms with Crippen LogP contribution in [0.25, 0.3) is 0 Å². The largest absolute Gasteiger partial charge is 0.334 e. The van der Waals surface area contributed by atoms with Crippen molar-refractivity contribution in [2.45, 2.75) is 31.3 Å². The van der Waals surface area contributed by atoms with Crippen LogP contribution in [0.3, 0.4) is 0 Å². The molecule has 22 heavy (non-hydrogen) atoms. The Morgan fingerprint density at radius 2 is 2.32 bits per heavy atom. The maximum atomic E-state index is 12.1. The van der Waals surface area contributed by atoms with Gasteiger partial charge >= 0.3 is 6.03 Å². The number of halogens is 1. The molecule has 1 atom stereocenters. The van der Waals surface area contributed by atoms with Gasteiger partial charge in [0.15, 0.2) is 0 Å². The van der Waals surface area contributed by atoms with Crippen LogP contribution in [0.15, 0.2) is 35.7 Å². The Morgan fingerprint density at radius 1 is 1.50 bits per heavy atom. The van der Waals surface area contributed by atoms with E-state index < -0.39 is 0 Å². The number of carbonyl (C=O) groups excluding carboxylic acids is 1. The van der Waals surface area contributed by atoms with Crippen LogP contribution in [0.1, 0.15) is 13.8 Å². The monoisotopic (exact) mass is 339 g/mol. The Kier molecular flexibility index (Phi) is 6.09. The molecule has 0 saturated heterocycles. The van der Waals surface area contributed by atoms with Crippen molar-refractivity contribution < 1.29 is 4.79 Å². The Balaban J connectivity index is 1.95. The third kappa shape index (κ3) is 4.92. The molecule has 1 aromatic carbocycles. The number of urea groups is 1. The smallest absolute Gasteiger partial charge is 0.319 e. The Bertz CT molecular complexity index is 620. The second kappa shape index (κ2) is 8.05. The molecule has 0 bridgehead atoms. The van der Waals surface area contributed by atoms with Crippen molar-refractivity contribution in [3.63, 3.8) is 0 Å². The summed E-state index contributed by atoms with van der Waals surface area (Å²) in [4.78, 5) is 17.0. The fraction of sp³-hybridized carbons (Fsp3) is 0.357. The second-order valence-electron chi connectivity index (χ2n) is 4.69. The number of amides is 2. The number of rotatable bonds is 6. The van der Waals surface area contributed by atoms with Crippen LogP contribution in [-0.4, -0.2) is 32.6 Å². The summed E-state index contributed by atoms with van der Waals surface area (Å²) in [5.41, 5.74) is 0.713. The summed E-state index contributed by atoms with van der Waals surface area (Å²) >= 11 is 7.65. The molecule has 1 heterocycles. The number of anilines is 1. The Labute approximate surface area is 138 Å². The molecule has 0 saturated carbocycles. The molecule has 118 valence electrons. The Hall–Kier alpha value is -1.73. The van der Waals surface area contributed by atoms with Crippen molar-refractivity contribution in [3.8, 4) is 0 Å². The molecule has 0 unspecified atom stereocenters. The van der Waals surface area contributed by atoms with Gasteiger partial charge in [0.1, 0.15) is 12.7 Å². The van der Waals surface area contributed by atoms with Crippen LogP contribution < -0.4 is 10.6 Å². The molecular weight excluding hydrogens is 322 g/mol. The van der Waals surface area contributed by atoms with Gasteiger partial charge in [-0.25, -0.2) is 9.78 Å². The first-order valence-corrected chi connectivity index (χ1v) is 8.27. The number of benzene rings is 1. The number of carbonyl (C=O) groups is 1. The maximum Gasteiger partial charge on any atom is 0.319 e. The molecular formula is C14H18ClN5OS. The van der Waals surface area contributed by atoms with E-state index in [0.29, 0.717) is 17.3 Å². The van der Waals surface area contributed by atoms with Gasteiger partial charge in [-0.15, -0.1) is 11.8 Å². The fourth-order valence-corrected chi connectivity index (χ4v) is 2.83. The minimum atomic E-state index is -0.271. The van der Waals surface area contributed by atoms with Crippen molar-refractivity contribution >= 4 is 35.1 Å². The lowest BCUT2D eigenvalue weighted by Crippen LogP contribution is -2.38. The number of hydrogen-bond donors (Lipinski definition) is 2. The van der Waals surface area contributed by atoms with Gasteiger partial charge in [-0.2, -0.15) is 5.10 Å². The molecule has 0 aliphatic heterocycles. The van der Waals surface area contributed by atoms with E-state index in [1.807, 2.05) is 19.1 Å². The predicted molar refractivity (Wildman–Crippen MR) is 89.5 cm³/mol. The zero-order chi connectivity index (χ0) is 15.9. The minimum Gasteiger partial charge on any atom is -0.334 e. The lowest BCUT2D eigenvalue weighted by molar-refractivity contribution is 0.247. The van der Waals surface area contributed by atoms with E-state index in [4.69, 9.17) is 11.6 Å². The van der Waals surface area contributed by atoms with Crippen LogP contribution >= 0.6 is 23.4 Å². The zero-order valence-electron chi connectivity index (χ0n) is 12.4. The van der Waals surface area contributed by atoms with Crippen LogP contribution in [0.4, 0.5) is 10.5 Å². The standard InChI is InChI=1S/C14H18ClN5OS/c1-3-22-13-5-4-11(15)6-12(13)19-14(21)18-10(2)7-20-9-16-8-17-20/h4-6,8-10H,3,7H2,1-2H3,(H2,18,19,21)/t10-/m1/s1. The lowest BCUT2D eigenvalue weighted by Gasteiger charge is -2.16. The Morgan fingerprint density at radius 3 is 3.00 bits per heavy atom. The first-order chi connectivity index (χ1) is 10.6. The zero-order valence-corrected chi connectivity index (χ0v) is 14.0. The molecule has 0 aliphatic rings. The van der Waals surface area contributed by atoms with E-state index in [2.05, 4.69) is 27.6 Å². The normalized spacial score (nSPS) is 12.0. The summed E-state index contributed by atoms with van der Waals surface area (Å²) in [5, 5.41) is 10.3. The van der Waals surface area contributed by atoms with Crippen LogP contribution in [-0.2, 0) is 6.54 Å². The molecule has 2 rings (SSSR count). The highest BCUT2D eigenvalue weighted by atomic mass is 35.5. The van der Waals surface area contributed by atoms with E-state index in [9.17, 15) is 4.79 Å². The number of thioether (sulfide) groups is 1. The highest BCUT2D eigenvalue weighted by molar-refractivity contribution is 7.99. The van der Waals surface area contributed by atoms with Crippen molar-refractivity contribution in [1.29, 1.82) is 0 Å². The summed E-state index contributed by atoms with van der Waals surface area (Å²) in [6.45, 7) is 4.52. The number of nitrogens with one attached hydrogen (secondary N) is 2. The van der Waals surface area contributed by atoms with E-state index in [1.54, 1.807) is 28.8 Å². The molecule has 0 fully saturated rings. The lowest BCUT2D eigenvalue weighted by atomic mass is 10.3. The minimum absolute atomic E-state index is 0.0804. The fourth-order valence-electron chi connectivity index (χ4n) is 1.92. The average Bonchev–Trinajstić information content (AvgIpc) is 2.94. The SMILES string of the molecule is CCSc1ccc(Cl)cc1NC(=O)N[C@H](C)Cn1cncn1. The van der Waals surface area contributed by atoms with Crippen LogP contribution in [0.5, 0.6) is 0 Å². The molecule has 1 aromatic heterocycles. The van der Waals surface area contributed by atoms with Crippen molar-refractivity contribution in [2.24, 2.45) is 0 Å². The summed E-state index contributed by atoms with van der Waals surface area (Å²) < 4.78 is 1.67. The van der Waals surface area contributed by atoms with Gasteiger partial charge < -0.3 is 10.6 Å². The highest BCUT2D eigenvalue weighted by Crippen LogP contribution is 2.29. The summed E-state index contributed by atoms with van der Waals surface area (Å²) in [6.07, 6.45) is 3.08.